The molecule has 0 aromatic carbocycles. The van der Waals surface area contributed by atoms with E-state index in [1.54, 1.807) is 14.2 Å². The third-order valence-electron chi connectivity index (χ3n) is 3.74. The highest BCUT2D eigenvalue weighted by Crippen LogP contribution is 2.42. The number of nitrogens with two attached hydrogens (primary N) is 1. The quantitative estimate of drug-likeness (QED) is 0.574. The Kier molecular flexibility index (Phi) is 6.28. The second-order valence-corrected chi connectivity index (χ2v) is 4.82. The molecule has 0 aromatic heterocycles. The predicted octanol–water partition coefficient (Wildman–Crippen LogP) is 0.757. The minimum Gasteiger partial charge on any atom is -0.382 e. The standard InChI is InChI=1S/C12H26N2O2/c1-15-9-11(16-2)8-14-7-6-12(10-13)4-3-5-12/h11,14H,3-10,13H2,1-2H3. The normalized spacial score (nSPS) is 20.4. The third-order valence-corrected chi connectivity index (χ3v) is 3.74. The predicted molar refractivity (Wildman–Crippen MR) is 65.5 cm³/mol. The van der Waals surface area contributed by atoms with E-state index in [0.717, 1.165) is 19.6 Å². The molecular weight excluding hydrogens is 204 g/mol. The number of hydrogen-bond donors (Lipinski definition) is 2. The average molecular weight is 230 g/mol. The Bertz CT molecular complexity index is 178. The molecule has 96 valence electrons. The molecule has 0 aliphatic heterocycles. The van der Waals surface area contributed by atoms with Gasteiger partial charge in [0.1, 0.15) is 0 Å². The maximum absolute atomic E-state index is 5.81. The Hall–Kier alpha value is -0.160. The summed E-state index contributed by atoms with van der Waals surface area (Å²) in [5.41, 5.74) is 6.25. The molecule has 3 N–H and O–H groups in total. The molecule has 0 bridgehead atoms. The maximum atomic E-state index is 5.81. The summed E-state index contributed by atoms with van der Waals surface area (Å²) in [7, 11) is 3.42. The lowest BCUT2D eigenvalue weighted by molar-refractivity contribution is 0.0278. The van der Waals surface area contributed by atoms with Crippen LogP contribution in [0.5, 0.6) is 0 Å². The van der Waals surface area contributed by atoms with E-state index in [9.17, 15) is 0 Å². The molecule has 1 aliphatic carbocycles. The molecule has 1 atom stereocenters. The smallest absolute Gasteiger partial charge is 0.0928 e. The van der Waals surface area contributed by atoms with Gasteiger partial charge in [0.2, 0.25) is 0 Å². The Labute approximate surface area is 98.9 Å². The summed E-state index contributed by atoms with van der Waals surface area (Å²) >= 11 is 0. The minimum absolute atomic E-state index is 0.153. The van der Waals surface area contributed by atoms with Crippen molar-refractivity contribution < 1.29 is 9.47 Å². The maximum Gasteiger partial charge on any atom is 0.0928 e. The number of rotatable bonds is 9. The van der Waals surface area contributed by atoms with E-state index in [-0.39, 0.29) is 6.10 Å². The van der Waals surface area contributed by atoms with Crippen molar-refractivity contribution in [1.82, 2.24) is 5.32 Å². The van der Waals surface area contributed by atoms with Crippen LogP contribution >= 0.6 is 0 Å². The van der Waals surface area contributed by atoms with Crippen molar-refractivity contribution in [2.75, 3.05) is 40.5 Å². The van der Waals surface area contributed by atoms with Crippen LogP contribution in [-0.2, 0) is 9.47 Å². The first-order valence-electron chi connectivity index (χ1n) is 6.19. The van der Waals surface area contributed by atoms with Gasteiger partial charge in [0.15, 0.2) is 0 Å². The van der Waals surface area contributed by atoms with Crippen LogP contribution in [0.25, 0.3) is 0 Å². The van der Waals surface area contributed by atoms with E-state index in [4.69, 9.17) is 15.2 Å². The van der Waals surface area contributed by atoms with Crippen LogP contribution in [0.15, 0.2) is 0 Å². The highest BCUT2D eigenvalue weighted by Gasteiger charge is 2.34. The van der Waals surface area contributed by atoms with Gasteiger partial charge in [0.25, 0.3) is 0 Å². The van der Waals surface area contributed by atoms with Crippen molar-refractivity contribution in [2.45, 2.75) is 31.8 Å². The Morgan fingerprint density at radius 3 is 2.56 bits per heavy atom. The lowest BCUT2D eigenvalue weighted by atomic mass is 9.67. The molecule has 0 amide bonds. The van der Waals surface area contributed by atoms with E-state index in [0.29, 0.717) is 12.0 Å². The number of ether oxygens (including phenoxy) is 2. The van der Waals surface area contributed by atoms with E-state index in [1.807, 2.05) is 0 Å². The van der Waals surface area contributed by atoms with Gasteiger partial charge in [-0.25, -0.2) is 0 Å². The first kappa shape index (κ1) is 13.9. The molecule has 4 nitrogen and oxygen atoms in total. The van der Waals surface area contributed by atoms with E-state index in [2.05, 4.69) is 5.32 Å². The monoisotopic (exact) mass is 230 g/mol. The van der Waals surface area contributed by atoms with Gasteiger partial charge < -0.3 is 20.5 Å². The van der Waals surface area contributed by atoms with Crippen LogP contribution in [0.4, 0.5) is 0 Å². The molecule has 0 spiro atoms. The lowest BCUT2D eigenvalue weighted by Crippen LogP contribution is -2.41. The van der Waals surface area contributed by atoms with Gasteiger partial charge in [-0.2, -0.15) is 0 Å². The van der Waals surface area contributed by atoms with Crippen LogP contribution in [-0.4, -0.2) is 46.6 Å². The average Bonchev–Trinajstić information content (AvgIpc) is 2.25. The topological polar surface area (TPSA) is 56.5 Å². The molecule has 0 radical (unpaired) electrons. The fourth-order valence-corrected chi connectivity index (χ4v) is 2.25. The molecule has 1 saturated carbocycles. The zero-order valence-corrected chi connectivity index (χ0v) is 10.6. The largest absolute Gasteiger partial charge is 0.382 e. The lowest BCUT2D eigenvalue weighted by Gasteiger charge is -2.41. The first-order chi connectivity index (χ1) is 7.76. The molecule has 4 heteroatoms. The van der Waals surface area contributed by atoms with Crippen LogP contribution in [0, 0.1) is 5.41 Å². The van der Waals surface area contributed by atoms with Crippen molar-refractivity contribution in [2.24, 2.45) is 11.1 Å². The molecular formula is C12H26N2O2. The Morgan fingerprint density at radius 2 is 2.12 bits per heavy atom. The summed E-state index contributed by atoms with van der Waals surface area (Å²) < 4.78 is 10.3. The second-order valence-electron chi connectivity index (χ2n) is 4.82. The molecule has 0 aromatic rings. The SMILES string of the molecule is COCC(CNCCC1(CN)CCC1)OC. The zero-order valence-electron chi connectivity index (χ0n) is 10.6. The minimum atomic E-state index is 0.153. The van der Waals surface area contributed by atoms with Crippen molar-refractivity contribution >= 4 is 0 Å². The number of methoxy groups -OCH3 is 2. The molecule has 16 heavy (non-hydrogen) atoms. The molecule has 0 saturated heterocycles. The van der Waals surface area contributed by atoms with E-state index >= 15 is 0 Å². The summed E-state index contributed by atoms with van der Waals surface area (Å²) in [4.78, 5) is 0. The molecule has 1 aliphatic rings. The van der Waals surface area contributed by atoms with Gasteiger partial charge in [-0.05, 0) is 37.8 Å². The van der Waals surface area contributed by atoms with Gasteiger partial charge in [-0.3, -0.25) is 0 Å². The van der Waals surface area contributed by atoms with E-state index < -0.39 is 0 Å². The Morgan fingerprint density at radius 1 is 1.38 bits per heavy atom. The zero-order chi connectivity index (χ0) is 11.9. The molecule has 0 heterocycles. The summed E-state index contributed by atoms with van der Waals surface area (Å²) in [6, 6.07) is 0. The highest BCUT2D eigenvalue weighted by atomic mass is 16.5. The highest BCUT2D eigenvalue weighted by molar-refractivity contribution is 4.88. The van der Waals surface area contributed by atoms with Crippen LogP contribution < -0.4 is 11.1 Å². The summed E-state index contributed by atoms with van der Waals surface area (Å²) in [6.07, 6.45) is 5.29. The van der Waals surface area contributed by atoms with E-state index in [1.165, 1.54) is 25.7 Å². The molecule has 1 unspecified atom stereocenters. The number of hydrogen-bond acceptors (Lipinski definition) is 4. The first-order valence-corrected chi connectivity index (χ1v) is 6.19. The van der Waals surface area contributed by atoms with Crippen molar-refractivity contribution in [3.05, 3.63) is 0 Å². The fourth-order valence-electron chi connectivity index (χ4n) is 2.25. The summed E-state index contributed by atoms with van der Waals surface area (Å²) in [6.45, 7) is 3.36. The van der Waals surface area contributed by atoms with Crippen LogP contribution in [0.2, 0.25) is 0 Å². The fraction of sp³-hybridized carbons (Fsp3) is 1.00. The summed E-state index contributed by atoms with van der Waals surface area (Å²) in [5, 5.41) is 3.42. The summed E-state index contributed by atoms with van der Waals surface area (Å²) in [5.74, 6) is 0. The second kappa shape index (κ2) is 7.22. The van der Waals surface area contributed by atoms with Gasteiger partial charge in [0, 0.05) is 20.8 Å². The van der Waals surface area contributed by atoms with Crippen molar-refractivity contribution in [3.8, 4) is 0 Å². The van der Waals surface area contributed by atoms with Gasteiger partial charge >= 0.3 is 0 Å². The van der Waals surface area contributed by atoms with Gasteiger partial charge in [0.05, 0.1) is 12.7 Å². The number of nitrogens with one attached hydrogen (secondary N) is 1. The Balaban J connectivity index is 2.06. The molecule has 1 fully saturated rings. The third kappa shape index (κ3) is 4.01. The van der Waals surface area contributed by atoms with Crippen LogP contribution in [0.1, 0.15) is 25.7 Å². The van der Waals surface area contributed by atoms with Crippen LogP contribution in [0.3, 0.4) is 0 Å². The molecule has 1 rings (SSSR count). The van der Waals surface area contributed by atoms with Gasteiger partial charge in [-0.15, -0.1) is 0 Å². The van der Waals surface area contributed by atoms with Crippen molar-refractivity contribution in [3.63, 3.8) is 0 Å². The van der Waals surface area contributed by atoms with Gasteiger partial charge in [-0.1, -0.05) is 6.42 Å². The van der Waals surface area contributed by atoms with Crippen molar-refractivity contribution in [1.29, 1.82) is 0 Å².